The van der Waals surface area contributed by atoms with Crippen LogP contribution >= 0.6 is 12.4 Å². The standard InChI is InChI=1S/C21H31N3O3.ClH/c1-15-6-3-8-18(12-15)27-16(2)21(26)24-11-5-7-17(14-24)13-23-20(25)19-9-4-10-22-19;/h3,6,8,12,16-17,19,22H,4-5,7,9-11,13-14H2,1-2H3,(H,23,25);1H. The predicted octanol–water partition coefficient (Wildman–Crippen LogP) is 2.29. The summed E-state index contributed by atoms with van der Waals surface area (Å²) in [6, 6.07) is 7.71. The highest BCUT2D eigenvalue weighted by Gasteiger charge is 2.29. The maximum Gasteiger partial charge on any atom is 0.263 e. The first kappa shape index (κ1) is 22.5. The molecule has 0 aliphatic carbocycles. The number of hydrogen-bond donors (Lipinski definition) is 2. The number of aryl methyl sites for hydroxylation is 1. The molecule has 2 saturated heterocycles. The molecule has 3 rings (SSSR count). The van der Waals surface area contributed by atoms with Crippen LogP contribution in [0.5, 0.6) is 5.75 Å². The van der Waals surface area contributed by atoms with E-state index in [9.17, 15) is 9.59 Å². The number of likely N-dealkylation sites (tertiary alicyclic amines) is 1. The minimum atomic E-state index is -0.511. The van der Waals surface area contributed by atoms with Crippen LogP contribution in [0.25, 0.3) is 0 Å². The van der Waals surface area contributed by atoms with Crippen LogP contribution in [0.1, 0.15) is 38.2 Å². The number of halogens is 1. The molecule has 3 unspecified atom stereocenters. The zero-order valence-corrected chi connectivity index (χ0v) is 17.6. The third kappa shape index (κ3) is 6.11. The molecule has 0 radical (unpaired) electrons. The fourth-order valence-electron chi connectivity index (χ4n) is 3.91. The van der Waals surface area contributed by atoms with Crippen molar-refractivity contribution in [3.63, 3.8) is 0 Å². The summed E-state index contributed by atoms with van der Waals surface area (Å²) in [5.74, 6) is 1.14. The molecule has 28 heavy (non-hydrogen) atoms. The van der Waals surface area contributed by atoms with Gasteiger partial charge in [-0.1, -0.05) is 12.1 Å². The van der Waals surface area contributed by atoms with Crippen LogP contribution in [0.4, 0.5) is 0 Å². The first-order valence-electron chi connectivity index (χ1n) is 10.1. The quantitative estimate of drug-likeness (QED) is 0.756. The molecule has 0 aromatic heterocycles. The molecule has 2 fully saturated rings. The number of amides is 2. The number of nitrogens with zero attached hydrogens (tertiary/aromatic N) is 1. The molecule has 1 aromatic carbocycles. The monoisotopic (exact) mass is 409 g/mol. The Kier molecular flexibility index (Phi) is 8.58. The molecular formula is C21H32ClN3O3. The molecular weight excluding hydrogens is 378 g/mol. The van der Waals surface area contributed by atoms with Crippen LogP contribution in [0.2, 0.25) is 0 Å². The third-order valence-electron chi connectivity index (χ3n) is 5.42. The number of carbonyl (C=O) groups excluding carboxylic acids is 2. The molecule has 1 aromatic rings. The molecule has 2 N–H and O–H groups in total. The van der Waals surface area contributed by atoms with E-state index in [4.69, 9.17) is 4.74 Å². The van der Waals surface area contributed by atoms with Crippen molar-refractivity contribution in [2.24, 2.45) is 5.92 Å². The van der Waals surface area contributed by atoms with E-state index in [1.807, 2.05) is 43.0 Å². The first-order valence-corrected chi connectivity index (χ1v) is 10.1. The molecule has 2 heterocycles. The van der Waals surface area contributed by atoms with E-state index in [0.717, 1.165) is 50.1 Å². The number of hydrogen-bond acceptors (Lipinski definition) is 4. The highest BCUT2D eigenvalue weighted by Crippen LogP contribution is 2.19. The second kappa shape index (κ2) is 10.7. The largest absolute Gasteiger partial charge is 0.481 e. The minimum Gasteiger partial charge on any atom is -0.481 e. The Morgan fingerprint density at radius 3 is 2.86 bits per heavy atom. The van der Waals surface area contributed by atoms with Gasteiger partial charge in [0, 0.05) is 19.6 Å². The topological polar surface area (TPSA) is 70.7 Å². The normalized spacial score (nSPS) is 22.9. The predicted molar refractivity (Wildman–Crippen MR) is 112 cm³/mol. The Labute approximate surface area is 173 Å². The van der Waals surface area contributed by atoms with Crippen molar-refractivity contribution in [3.05, 3.63) is 29.8 Å². The van der Waals surface area contributed by atoms with Gasteiger partial charge in [-0.25, -0.2) is 0 Å². The summed E-state index contributed by atoms with van der Waals surface area (Å²) in [4.78, 5) is 26.8. The van der Waals surface area contributed by atoms with Gasteiger partial charge in [-0.2, -0.15) is 0 Å². The Bertz CT molecular complexity index is 664. The number of piperidine rings is 1. The second-order valence-corrected chi connectivity index (χ2v) is 7.76. The third-order valence-corrected chi connectivity index (χ3v) is 5.42. The van der Waals surface area contributed by atoms with E-state index in [0.29, 0.717) is 19.0 Å². The number of nitrogens with one attached hydrogen (secondary N) is 2. The van der Waals surface area contributed by atoms with Gasteiger partial charge in [0.2, 0.25) is 5.91 Å². The zero-order valence-electron chi connectivity index (χ0n) is 16.8. The molecule has 0 saturated carbocycles. The maximum atomic E-state index is 12.8. The molecule has 2 aliphatic rings. The van der Waals surface area contributed by atoms with Crippen LogP contribution in [0, 0.1) is 12.8 Å². The minimum absolute atomic E-state index is 0. The molecule has 2 aliphatic heterocycles. The van der Waals surface area contributed by atoms with Gasteiger partial charge in [-0.3, -0.25) is 9.59 Å². The summed E-state index contributed by atoms with van der Waals surface area (Å²) in [5, 5.41) is 6.28. The fourth-order valence-corrected chi connectivity index (χ4v) is 3.91. The lowest BCUT2D eigenvalue weighted by molar-refractivity contribution is -0.139. The van der Waals surface area contributed by atoms with E-state index >= 15 is 0 Å². The van der Waals surface area contributed by atoms with Crippen LogP contribution in [-0.2, 0) is 9.59 Å². The highest BCUT2D eigenvalue weighted by atomic mass is 35.5. The van der Waals surface area contributed by atoms with Gasteiger partial charge in [0.05, 0.1) is 6.04 Å². The summed E-state index contributed by atoms with van der Waals surface area (Å²) in [6.45, 7) is 6.80. The summed E-state index contributed by atoms with van der Waals surface area (Å²) in [5.41, 5.74) is 1.11. The smallest absolute Gasteiger partial charge is 0.263 e. The van der Waals surface area contributed by atoms with Crippen molar-refractivity contribution in [1.82, 2.24) is 15.5 Å². The van der Waals surface area contributed by atoms with Gasteiger partial charge >= 0.3 is 0 Å². The molecule has 0 spiro atoms. The van der Waals surface area contributed by atoms with Crippen LogP contribution in [0.3, 0.4) is 0 Å². The average Bonchev–Trinajstić information content (AvgIpc) is 3.20. The van der Waals surface area contributed by atoms with Gasteiger partial charge in [0.15, 0.2) is 6.10 Å². The van der Waals surface area contributed by atoms with Crippen LogP contribution in [-0.4, -0.2) is 55.0 Å². The molecule has 156 valence electrons. The first-order chi connectivity index (χ1) is 13.0. The highest BCUT2D eigenvalue weighted by molar-refractivity contribution is 5.85. The summed E-state index contributed by atoms with van der Waals surface area (Å²) < 4.78 is 5.84. The molecule has 7 heteroatoms. The Morgan fingerprint density at radius 1 is 1.32 bits per heavy atom. The van der Waals surface area contributed by atoms with E-state index < -0.39 is 6.10 Å². The number of benzene rings is 1. The molecule has 6 nitrogen and oxygen atoms in total. The summed E-state index contributed by atoms with van der Waals surface area (Å²) in [7, 11) is 0. The number of carbonyl (C=O) groups is 2. The number of ether oxygens (including phenoxy) is 1. The van der Waals surface area contributed by atoms with E-state index in [-0.39, 0.29) is 30.3 Å². The van der Waals surface area contributed by atoms with Gasteiger partial charge in [-0.05, 0) is 69.7 Å². The second-order valence-electron chi connectivity index (χ2n) is 7.76. The fraction of sp³-hybridized carbons (Fsp3) is 0.619. The van der Waals surface area contributed by atoms with Crippen molar-refractivity contribution in [3.8, 4) is 5.75 Å². The summed E-state index contributed by atoms with van der Waals surface area (Å²) in [6.07, 6.45) is 3.46. The van der Waals surface area contributed by atoms with Crippen molar-refractivity contribution >= 4 is 24.2 Å². The zero-order chi connectivity index (χ0) is 19.2. The number of rotatable bonds is 6. The van der Waals surface area contributed by atoms with Gasteiger partial charge in [0.1, 0.15) is 5.75 Å². The Morgan fingerprint density at radius 2 is 2.14 bits per heavy atom. The van der Waals surface area contributed by atoms with E-state index in [1.165, 1.54) is 0 Å². The van der Waals surface area contributed by atoms with Gasteiger partial charge in [0.25, 0.3) is 5.91 Å². The Hall–Kier alpha value is -1.79. The van der Waals surface area contributed by atoms with Crippen LogP contribution in [0.15, 0.2) is 24.3 Å². The van der Waals surface area contributed by atoms with Crippen molar-refractivity contribution < 1.29 is 14.3 Å². The van der Waals surface area contributed by atoms with Crippen molar-refractivity contribution in [1.29, 1.82) is 0 Å². The lowest BCUT2D eigenvalue weighted by Crippen LogP contribution is -2.49. The van der Waals surface area contributed by atoms with E-state index in [2.05, 4.69) is 10.6 Å². The van der Waals surface area contributed by atoms with Crippen molar-refractivity contribution in [2.45, 2.75) is 51.7 Å². The van der Waals surface area contributed by atoms with Crippen LogP contribution < -0.4 is 15.4 Å². The van der Waals surface area contributed by atoms with Gasteiger partial charge in [-0.15, -0.1) is 12.4 Å². The lowest BCUT2D eigenvalue weighted by Gasteiger charge is -2.34. The van der Waals surface area contributed by atoms with Crippen molar-refractivity contribution in [2.75, 3.05) is 26.2 Å². The SMILES string of the molecule is Cc1cccc(OC(C)C(=O)N2CCCC(CNC(=O)C3CCCN3)C2)c1.Cl. The average molecular weight is 410 g/mol. The molecule has 2 amide bonds. The molecule has 0 bridgehead atoms. The maximum absolute atomic E-state index is 12.8. The lowest BCUT2D eigenvalue weighted by atomic mass is 9.97. The van der Waals surface area contributed by atoms with Gasteiger partial charge < -0.3 is 20.3 Å². The summed E-state index contributed by atoms with van der Waals surface area (Å²) >= 11 is 0. The Balaban J connectivity index is 0.00000280. The molecule has 3 atom stereocenters. The van der Waals surface area contributed by atoms with E-state index in [1.54, 1.807) is 0 Å².